The number of pyridine rings is 3. The van der Waals surface area contributed by atoms with Crippen LogP contribution in [0.4, 0.5) is 8.78 Å². The lowest BCUT2D eigenvalue weighted by molar-refractivity contribution is 0.0991. The van der Waals surface area contributed by atoms with E-state index in [1.165, 1.54) is 68.6 Å². The summed E-state index contributed by atoms with van der Waals surface area (Å²) in [6, 6.07) is 14.2. The van der Waals surface area contributed by atoms with Crippen molar-refractivity contribution in [2.45, 2.75) is 6.42 Å². The molecule has 11 heteroatoms. The van der Waals surface area contributed by atoms with Crippen molar-refractivity contribution in [3.05, 3.63) is 106 Å². The predicted molar refractivity (Wildman–Crippen MR) is 149 cm³/mol. The highest BCUT2D eigenvalue weighted by Crippen LogP contribution is 2.34. The summed E-state index contributed by atoms with van der Waals surface area (Å²) in [5, 5.41) is 9.63. The molecule has 3 aromatic heterocycles. The van der Waals surface area contributed by atoms with Gasteiger partial charge in [-0.3, -0.25) is 14.6 Å². The average Bonchev–Trinajstić information content (AvgIpc) is 2.99. The molecule has 0 atom stereocenters. The lowest BCUT2D eigenvalue weighted by Gasteiger charge is -2.13. The first-order chi connectivity index (χ1) is 20.2. The number of nitrogens with zero attached hydrogens (tertiary/aromatic N) is 4. The standard InChI is InChI=1S/C31H22F2N4O5/c1-37-16-20(30(39)28(23(37)15-34)18-5-7-19(32)8-6-18)24(38)13-17-4-9-25(21(33)12-17)42-26-10-11-35-22-14-27(40-2)31(41-3)36-29(22)26/h4-12,14,16H,13H2,1-3H3. The molecule has 0 aliphatic heterocycles. The monoisotopic (exact) mass is 568 g/mol. The Morgan fingerprint density at radius 1 is 1.00 bits per heavy atom. The van der Waals surface area contributed by atoms with Crippen LogP contribution in [-0.4, -0.2) is 34.5 Å². The predicted octanol–water partition coefficient (Wildman–Crippen LogP) is 5.38. The number of ether oxygens (including phenoxy) is 3. The number of benzene rings is 2. The summed E-state index contributed by atoms with van der Waals surface area (Å²) in [5.41, 5.74) is 0.493. The van der Waals surface area contributed by atoms with Gasteiger partial charge in [-0.25, -0.2) is 13.8 Å². The summed E-state index contributed by atoms with van der Waals surface area (Å²) in [7, 11) is 4.43. The molecular formula is C31H22F2N4O5. The fraction of sp³-hybridized carbons (Fsp3) is 0.129. The fourth-order valence-electron chi connectivity index (χ4n) is 4.48. The van der Waals surface area contributed by atoms with E-state index in [0.717, 1.165) is 18.2 Å². The Kier molecular flexibility index (Phi) is 7.62. The molecule has 0 aliphatic rings. The summed E-state index contributed by atoms with van der Waals surface area (Å²) in [5.74, 6) is -1.16. The quantitative estimate of drug-likeness (QED) is 0.229. The average molecular weight is 569 g/mol. The van der Waals surface area contributed by atoms with Gasteiger partial charge >= 0.3 is 0 Å². The molecule has 0 unspecified atom stereocenters. The maximum Gasteiger partial charge on any atom is 0.257 e. The number of Topliss-reactive ketones (excluding diaryl/α,β-unsaturated/α-hetero) is 1. The molecule has 0 fully saturated rings. The number of aryl methyl sites for hydroxylation is 1. The summed E-state index contributed by atoms with van der Waals surface area (Å²) < 4.78 is 46.3. The molecule has 0 spiro atoms. The molecule has 0 aliphatic carbocycles. The Bertz CT molecular complexity index is 1950. The van der Waals surface area contributed by atoms with E-state index in [1.807, 2.05) is 6.07 Å². The second kappa shape index (κ2) is 11.5. The van der Waals surface area contributed by atoms with Gasteiger partial charge in [-0.2, -0.15) is 5.26 Å². The van der Waals surface area contributed by atoms with Gasteiger partial charge in [0.15, 0.2) is 28.8 Å². The first-order valence-corrected chi connectivity index (χ1v) is 12.5. The van der Waals surface area contributed by atoms with E-state index in [2.05, 4.69) is 9.97 Å². The van der Waals surface area contributed by atoms with Gasteiger partial charge < -0.3 is 18.8 Å². The van der Waals surface area contributed by atoms with Crippen molar-refractivity contribution in [2.24, 2.45) is 7.05 Å². The third kappa shape index (κ3) is 5.25. The van der Waals surface area contributed by atoms with Crippen LogP contribution in [0.2, 0.25) is 0 Å². The van der Waals surface area contributed by atoms with Crippen molar-refractivity contribution < 1.29 is 27.8 Å². The minimum atomic E-state index is -0.745. The van der Waals surface area contributed by atoms with Crippen LogP contribution in [0.25, 0.3) is 22.2 Å². The van der Waals surface area contributed by atoms with Gasteiger partial charge in [0, 0.05) is 38.0 Å². The topological polar surface area (TPSA) is 116 Å². The van der Waals surface area contributed by atoms with Crippen LogP contribution in [0.3, 0.4) is 0 Å². The lowest BCUT2D eigenvalue weighted by Crippen LogP contribution is -2.23. The molecule has 0 saturated carbocycles. The highest BCUT2D eigenvalue weighted by molar-refractivity contribution is 5.98. The first-order valence-electron chi connectivity index (χ1n) is 12.5. The molecule has 5 aromatic rings. The highest BCUT2D eigenvalue weighted by Gasteiger charge is 2.21. The molecule has 9 nitrogen and oxygen atoms in total. The van der Waals surface area contributed by atoms with Crippen LogP contribution in [-0.2, 0) is 13.5 Å². The SMILES string of the molecule is COc1cc2nccc(Oc3ccc(CC(=O)c4cn(C)c(C#N)c(-c5ccc(F)cc5)c4=O)cc3F)c2nc1OC. The number of aromatic nitrogens is 3. The van der Waals surface area contributed by atoms with Crippen molar-refractivity contribution in [3.63, 3.8) is 0 Å². The number of rotatable bonds is 8. The number of hydrogen-bond acceptors (Lipinski definition) is 8. The number of ketones is 1. The molecule has 5 rings (SSSR count). The van der Waals surface area contributed by atoms with Crippen molar-refractivity contribution in [2.75, 3.05) is 14.2 Å². The normalized spacial score (nSPS) is 10.8. The lowest BCUT2D eigenvalue weighted by atomic mass is 9.97. The third-order valence-electron chi connectivity index (χ3n) is 6.52. The molecule has 3 heterocycles. The van der Waals surface area contributed by atoms with Gasteiger partial charge in [-0.15, -0.1) is 0 Å². The van der Waals surface area contributed by atoms with Crippen molar-refractivity contribution in [1.82, 2.24) is 14.5 Å². The van der Waals surface area contributed by atoms with Crippen LogP contribution in [0.15, 0.2) is 71.8 Å². The Hall–Kier alpha value is -5.63. The molecular weight excluding hydrogens is 546 g/mol. The third-order valence-corrected chi connectivity index (χ3v) is 6.52. The van der Waals surface area contributed by atoms with Gasteiger partial charge in [0.1, 0.15) is 23.1 Å². The van der Waals surface area contributed by atoms with E-state index >= 15 is 4.39 Å². The highest BCUT2D eigenvalue weighted by atomic mass is 19.1. The molecule has 0 radical (unpaired) electrons. The number of methoxy groups -OCH3 is 2. The number of carbonyl (C=O) groups excluding carboxylic acids is 1. The van der Waals surface area contributed by atoms with E-state index in [-0.39, 0.29) is 40.6 Å². The molecule has 210 valence electrons. The molecule has 0 amide bonds. The Morgan fingerprint density at radius 3 is 2.43 bits per heavy atom. The smallest absolute Gasteiger partial charge is 0.257 e. The molecule has 0 N–H and O–H groups in total. The minimum absolute atomic E-state index is 0.0184. The number of halogens is 2. The number of nitriles is 1. The zero-order valence-electron chi connectivity index (χ0n) is 22.6. The van der Waals surface area contributed by atoms with E-state index in [0.29, 0.717) is 27.9 Å². The van der Waals surface area contributed by atoms with Gasteiger partial charge in [0.2, 0.25) is 5.43 Å². The number of carbonyl (C=O) groups is 1. The maximum atomic E-state index is 15.2. The molecule has 0 bridgehead atoms. The van der Waals surface area contributed by atoms with Gasteiger partial charge in [-0.1, -0.05) is 18.2 Å². The zero-order chi connectivity index (χ0) is 30.0. The second-order valence-corrected chi connectivity index (χ2v) is 9.17. The second-order valence-electron chi connectivity index (χ2n) is 9.17. The van der Waals surface area contributed by atoms with Gasteiger partial charge in [0.25, 0.3) is 5.88 Å². The fourth-order valence-corrected chi connectivity index (χ4v) is 4.48. The van der Waals surface area contributed by atoms with Crippen molar-refractivity contribution in [3.8, 4) is 40.3 Å². The van der Waals surface area contributed by atoms with Crippen LogP contribution < -0.4 is 19.6 Å². The first kappa shape index (κ1) is 27.9. The van der Waals surface area contributed by atoms with E-state index in [4.69, 9.17) is 14.2 Å². The summed E-state index contributed by atoms with van der Waals surface area (Å²) in [6.07, 6.45) is 2.46. The molecule has 0 saturated heterocycles. The van der Waals surface area contributed by atoms with Crippen LogP contribution in [0.1, 0.15) is 21.6 Å². The van der Waals surface area contributed by atoms with E-state index < -0.39 is 22.8 Å². The number of fused-ring (bicyclic) bond motifs is 1. The summed E-state index contributed by atoms with van der Waals surface area (Å²) in [6.45, 7) is 0. The van der Waals surface area contributed by atoms with Crippen LogP contribution in [0.5, 0.6) is 23.1 Å². The Labute approximate surface area is 238 Å². The van der Waals surface area contributed by atoms with Crippen molar-refractivity contribution >= 4 is 16.8 Å². The maximum absolute atomic E-state index is 15.2. The van der Waals surface area contributed by atoms with E-state index in [9.17, 15) is 19.2 Å². The van der Waals surface area contributed by atoms with Gasteiger partial charge in [0.05, 0.1) is 30.9 Å². The van der Waals surface area contributed by atoms with E-state index in [1.54, 1.807) is 6.07 Å². The minimum Gasteiger partial charge on any atom is -0.491 e. The Morgan fingerprint density at radius 2 is 1.76 bits per heavy atom. The van der Waals surface area contributed by atoms with Crippen LogP contribution >= 0.6 is 0 Å². The summed E-state index contributed by atoms with van der Waals surface area (Å²) in [4.78, 5) is 35.2. The number of hydrogen-bond donors (Lipinski definition) is 0. The van der Waals surface area contributed by atoms with Crippen LogP contribution in [0, 0.1) is 23.0 Å². The largest absolute Gasteiger partial charge is 0.491 e. The molecule has 2 aromatic carbocycles. The molecule has 42 heavy (non-hydrogen) atoms. The van der Waals surface area contributed by atoms with Crippen molar-refractivity contribution in [1.29, 1.82) is 5.26 Å². The van der Waals surface area contributed by atoms with Gasteiger partial charge in [-0.05, 0) is 35.4 Å². The Balaban J connectivity index is 1.43. The summed E-state index contributed by atoms with van der Waals surface area (Å²) >= 11 is 0. The zero-order valence-corrected chi connectivity index (χ0v) is 22.6.